The maximum Gasteiger partial charge on any atom is 0.253 e. The Morgan fingerprint density at radius 1 is 0.958 bits per heavy atom. The fourth-order valence-corrected chi connectivity index (χ4v) is 3.22. The van der Waals surface area contributed by atoms with Crippen molar-refractivity contribution in [3.8, 4) is 0 Å². The van der Waals surface area contributed by atoms with Crippen molar-refractivity contribution in [2.75, 3.05) is 21.1 Å². The van der Waals surface area contributed by atoms with E-state index in [1.54, 1.807) is 24.1 Å². The van der Waals surface area contributed by atoms with Crippen molar-refractivity contribution < 1.29 is 13.2 Å². The van der Waals surface area contributed by atoms with E-state index in [0.29, 0.717) is 12.1 Å². The highest BCUT2D eigenvalue weighted by molar-refractivity contribution is 7.89. The molecule has 0 aromatic heterocycles. The summed E-state index contributed by atoms with van der Waals surface area (Å²) >= 11 is 0. The third-order valence-electron chi connectivity index (χ3n) is 3.90. The predicted octanol–water partition coefficient (Wildman–Crippen LogP) is 2.52. The summed E-state index contributed by atoms with van der Waals surface area (Å²) in [5, 5.41) is 0. The van der Waals surface area contributed by atoms with Gasteiger partial charge in [-0.2, -0.15) is 0 Å². The van der Waals surface area contributed by atoms with Crippen molar-refractivity contribution in [2.24, 2.45) is 0 Å². The molecule has 0 aliphatic carbocycles. The van der Waals surface area contributed by atoms with Crippen LogP contribution < -0.4 is 0 Å². The van der Waals surface area contributed by atoms with Crippen LogP contribution in [0.15, 0.2) is 53.4 Å². The van der Waals surface area contributed by atoms with E-state index in [4.69, 9.17) is 0 Å². The molecule has 0 atom stereocenters. The quantitative estimate of drug-likeness (QED) is 0.836. The average Bonchev–Trinajstić information content (AvgIpc) is 2.56. The van der Waals surface area contributed by atoms with Gasteiger partial charge in [-0.25, -0.2) is 12.7 Å². The molecule has 0 saturated carbocycles. The Balaban J connectivity index is 2.17. The van der Waals surface area contributed by atoms with Crippen molar-refractivity contribution in [3.63, 3.8) is 0 Å². The van der Waals surface area contributed by atoms with Crippen LogP contribution in [0.3, 0.4) is 0 Å². The van der Waals surface area contributed by atoms with E-state index in [-0.39, 0.29) is 10.8 Å². The Kier molecular flexibility index (Phi) is 5.41. The molecular formula is C18H22N2O3S. The second-order valence-corrected chi connectivity index (χ2v) is 8.05. The molecule has 0 N–H and O–H groups in total. The fraction of sp³-hybridized carbons (Fsp3) is 0.278. The van der Waals surface area contributed by atoms with E-state index in [0.717, 1.165) is 15.4 Å². The molecule has 5 nitrogen and oxygen atoms in total. The van der Waals surface area contributed by atoms with Crippen molar-refractivity contribution in [2.45, 2.75) is 18.4 Å². The number of carbonyl (C=O) groups excluding carboxylic acids is 1. The standard InChI is InChI=1S/C18H22N2O3S/c1-14-7-5-6-8-16(14)13-20(4)18(21)15-9-11-17(12-10-15)24(22,23)19(2)3/h5-12H,13H2,1-4H3. The second-order valence-electron chi connectivity index (χ2n) is 5.90. The molecule has 0 radical (unpaired) electrons. The third kappa shape index (κ3) is 3.83. The van der Waals surface area contributed by atoms with Crippen LogP contribution in [0, 0.1) is 6.92 Å². The Bertz CT molecular complexity index is 828. The number of amides is 1. The van der Waals surface area contributed by atoms with Gasteiger partial charge in [-0.3, -0.25) is 4.79 Å². The Morgan fingerprint density at radius 3 is 2.08 bits per heavy atom. The number of aryl methyl sites for hydroxylation is 1. The lowest BCUT2D eigenvalue weighted by molar-refractivity contribution is 0.0785. The summed E-state index contributed by atoms with van der Waals surface area (Å²) in [7, 11) is 1.20. The molecule has 2 rings (SSSR count). The maximum atomic E-state index is 12.5. The molecule has 0 unspecified atom stereocenters. The van der Waals surface area contributed by atoms with Gasteiger partial charge in [0.05, 0.1) is 4.90 Å². The first-order valence-electron chi connectivity index (χ1n) is 7.56. The maximum absolute atomic E-state index is 12.5. The number of carbonyl (C=O) groups is 1. The zero-order chi connectivity index (χ0) is 17.9. The van der Waals surface area contributed by atoms with Gasteiger partial charge in [0, 0.05) is 33.3 Å². The van der Waals surface area contributed by atoms with Gasteiger partial charge in [-0.15, -0.1) is 0 Å². The molecule has 0 heterocycles. The normalized spacial score (nSPS) is 11.5. The summed E-state index contributed by atoms with van der Waals surface area (Å²) in [6, 6.07) is 13.9. The number of hydrogen-bond donors (Lipinski definition) is 0. The van der Waals surface area contributed by atoms with Gasteiger partial charge in [0.2, 0.25) is 10.0 Å². The predicted molar refractivity (Wildman–Crippen MR) is 94.3 cm³/mol. The van der Waals surface area contributed by atoms with Crippen LogP contribution in [0.1, 0.15) is 21.5 Å². The molecule has 1 amide bonds. The minimum absolute atomic E-state index is 0.146. The first-order valence-corrected chi connectivity index (χ1v) is 9.00. The lowest BCUT2D eigenvalue weighted by atomic mass is 10.1. The molecule has 24 heavy (non-hydrogen) atoms. The van der Waals surface area contributed by atoms with Gasteiger partial charge in [0.1, 0.15) is 0 Å². The van der Waals surface area contributed by atoms with Crippen LogP contribution >= 0.6 is 0 Å². The lowest BCUT2D eigenvalue weighted by Gasteiger charge is -2.19. The topological polar surface area (TPSA) is 57.7 Å². The first-order chi connectivity index (χ1) is 11.2. The Labute approximate surface area is 143 Å². The second kappa shape index (κ2) is 7.15. The SMILES string of the molecule is Cc1ccccc1CN(C)C(=O)c1ccc(S(=O)(=O)N(C)C)cc1. The molecule has 0 bridgehead atoms. The average molecular weight is 346 g/mol. The van der Waals surface area contributed by atoms with Crippen LogP contribution in [0.5, 0.6) is 0 Å². The van der Waals surface area contributed by atoms with Gasteiger partial charge >= 0.3 is 0 Å². The molecule has 0 aliphatic heterocycles. The van der Waals surface area contributed by atoms with Crippen LogP contribution in [-0.2, 0) is 16.6 Å². The van der Waals surface area contributed by atoms with Crippen molar-refractivity contribution in [1.29, 1.82) is 0 Å². The zero-order valence-corrected chi connectivity index (χ0v) is 15.2. The molecule has 0 spiro atoms. The van der Waals surface area contributed by atoms with Gasteiger partial charge in [-0.05, 0) is 42.3 Å². The number of sulfonamides is 1. The van der Waals surface area contributed by atoms with Gasteiger partial charge < -0.3 is 4.90 Å². The smallest absolute Gasteiger partial charge is 0.253 e. The third-order valence-corrected chi connectivity index (χ3v) is 5.72. The van der Waals surface area contributed by atoms with Crippen molar-refractivity contribution in [1.82, 2.24) is 9.21 Å². The summed E-state index contributed by atoms with van der Waals surface area (Å²) in [5.41, 5.74) is 2.67. The summed E-state index contributed by atoms with van der Waals surface area (Å²) in [4.78, 5) is 14.3. The summed E-state index contributed by atoms with van der Waals surface area (Å²) in [6.07, 6.45) is 0. The van der Waals surface area contributed by atoms with Crippen LogP contribution in [0.25, 0.3) is 0 Å². The highest BCUT2D eigenvalue weighted by Crippen LogP contribution is 2.16. The largest absolute Gasteiger partial charge is 0.337 e. The van der Waals surface area contributed by atoms with E-state index in [9.17, 15) is 13.2 Å². The van der Waals surface area contributed by atoms with E-state index >= 15 is 0 Å². The minimum atomic E-state index is -3.49. The number of hydrogen-bond acceptors (Lipinski definition) is 3. The van der Waals surface area contributed by atoms with E-state index in [1.165, 1.54) is 26.2 Å². The summed E-state index contributed by atoms with van der Waals surface area (Å²) in [6.45, 7) is 2.51. The first kappa shape index (κ1) is 18.2. The number of rotatable bonds is 5. The fourth-order valence-electron chi connectivity index (χ4n) is 2.32. The van der Waals surface area contributed by atoms with Crippen molar-refractivity contribution in [3.05, 3.63) is 65.2 Å². The highest BCUT2D eigenvalue weighted by atomic mass is 32.2. The molecule has 0 saturated heterocycles. The molecule has 0 fully saturated rings. The van der Waals surface area contributed by atoms with E-state index in [1.807, 2.05) is 31.2 Å². The van der Waals surface area contributed by atoms with Gasteiger partial charge in [-0.1, -0.05) is 24.3 Å². The molecule has 128 valence electrons. The van der Waals surface area contributed by atoms with E-state index < -0.39 is 10.0 Å². The molecular weight excluding hydrogens is 324 g/mol. The Hall–Kier alpha value is -2.18. The van der Waals surface area contributed by atoms with E-state index in [2.05, 4.69) is 0 Å². The Morgan fingerprint density at radius 2 is 1.54 bits per heavy atom. The molecule has 2 aromatic rings. The van der Waals surface area contributed by atoms with Crippen LogP contribution in [-0.4, -0.2) is 44.7 Å². The zero-order valence-electron chi connectivity index (χ0n) is 14.4. The highest BCUT2D eigenvalue weighted by Gasteiger charge is 2.18. The summed E-state index contributed by atoms with van der Waals surface area (Å²) < 4.78 is 25.3. The number of nitrogens with zero attached hydrogens (tertiary/aromatic N) is 2. The summed E-state index contributed by atoms with van der Waals surface area (Å²) in [5.74, 6) is -0.146. The van der Waals surface area contributed by atoms with Gasteiger partial charge in [0.25, 0.3) is 5.91 Å². The van der Waals surface area contributed by atoms with Gasteiger partial charge in [0.15, 0.2) is 0 Å². The lowest BCUT2D eigenvalue weighted by Crippen LogP contribution is -2.27. The monoisotopic (exact) mass is 346 g/mol. The number of benzene rings is 2. The van der Waals surface area contributed by atoms with Crippen molar-refractivity contribution >= 4 is 15.9 Å². The minimum Gasteiger partial charge on any atom is -0.337 e. The molecule has 2 aromatic carbocycles. The molecule has 0 aliphatic rings. The van der Waals surface area contributed by atoms with Crippen LogP contribution in [0.4, 0.5) is 0 Å². The van der Waals surface area contributed by atoms with Crippen LogP contribution in [0.2, 0.25) is 0 Å². The molecule has 6 heteroatoms.